The van der Waals surface area contributed by atoms with Gasteiger partial charge in [0.2, 0.25) is 0 Å². The smallest absolute Gasteiger partial charge is 0.0794 e. The van der Waals surface area contributed by atoms with Crippen molar-refractivity contribution in [2.75, 3.05) is 11.1 Å². The van der Waals surface area contributed by atoms with Crippen molar-refractivity contribution in [2.45, 2.75) is 0 Å². The summed E-state index contributed by atoms with van der Waals surface area (Å²) < 4.78 is 0.767. The van der Waals surface area contributed by atoms with Crippen molar-refractivity contribution in [1.29, 1.82) is 0 Å². The maximum atomic E-state index is 6.07. The van der Waals surface area contributed by atoms with E-state index in [2.05, 4.69) is 26.2 Å². The van der Waals surface area contributed by atoms with Crippen molar-refractivity contribution in [3.05, 3.63) is 45.1 Å². The predicted octanol–water partition coefficient (Wildman–Crippen LogP) is 4.48. The van der Waals surface area contributed by atoms with Crippen molar-refractivity contribution in [3.8, 4) is 0 Å². The van der Waals surface area contributed by atoms with E-state index in [0.717, 1.165) is 15.8 Å². The summed E-state index contributed by atoms with van der Waals surface area (Å²) in [5.41, 5.74) is 7.82. The van der Waals surface area contributed by atoms with Gasteiger partial charge < -0.3 is 11.1 Å². The van der Waals surface area contributed by atoms with Crippen molar-refractivity contribution in [3.63, 3.8) is 0 Å². The van der Waals surface area contributed by atoms with Crippen LogP contribution in [0.4, 0.5) is 17.1 Å². The largest absolute Gasteiger partial charge is 0.396 e. The van der Waals surface area contributed by atoms with Crippen LogP contribution in [0.1, 0.15) is 0 Å². The van der Waals surface area contributed by atoms with E-state index in [1.54, 1.807) is 30.6 Å². The van der Waals surface area contributed by atoms with Gasteiger partial charge in [-0.15, -0.1) is 0 Å². The number of halogens is 3. The maximum Gasteiger partial charge on any atom is 0.0794 e. The van der Waals surface area contributed by atoms with Gasteiger partial charge in [-0.05, 0) is 34.1 Å². The Bertz CT molecular complexity index is 540. The van der Waals surface area contributed by atoms with Gasteiger partial charge >= 0.3 is 0 Å². The lowest BCUT2D eigenvalue weighted by Crippen LogP contribution is -1.98. The van der Waals surface area contributed by atoms with Crippen molar-refractivity contribution in [2.24, 2.45) is 0 Å². The molecule has 0 saturated carbocycles. The lowest BCUT2D eigenvalue weighted by atomic mass is 10.3. The number of pyridine rings is 1. The van der Waals surface area contributed by atoms with Gasteiger partial charge in [0.05, 0.1) is 32.8 Å². The molecule has 0 amide bonds. The molecule has 3 N–H and O–H groups in total. The molecule has 1 heterocycles. The first-order valence-corrected chi connectivity index (χ1v) is 6.24. The van der Waals surface area contributed by atoms with Crippen LogP contribution in [0.2, 0.25) is 10.0 Å². The van der Waals surface area contributed by atoms with E-state index in [1.807, 2.05) is 0 Å². The summed E-state index contributed by atoms with van der Waals surface area (Å²) in [6, 6.07) is 5.20. The predicted molar refractivity (Wildman–Crippen MR) is 76.1 cm³/mol. The summed E-state index contributed by atoms with van der Waals surface area (Å²) in [5.74, 6) is 0. The number of nitrogens with one attached hydrogen (secondary N) is 1. The topological polar surface area (TPSA) is 50.9 Å². The number of nitrogen functional groups attached to an aromatic ring is 1. The number of hydrogen-bond donors (Lipinski definition) is 2. The molecule has 6 heteroatoms. The number of hydrogen-bond acceptors (Lipinski definition) is 3. The third-order valence-corrected chi connectivity index (χ3v) is 3.27. The van der Waals surface area contributed by atoms with Crippen molar-refractivity contribution < 1.29 is 0 Å². The molecule has 88 valence electrons. The van der Waals surface area contributed by atoms with Gasteiger partial charge in [-0.25, -0.2) is 0 Å². The van der Waals surface area contributed by atoms with Gasteiger partial charge in [-0.3, -0.25) is 4.98 Å². The molecule has 0 atom stereocenters. The second kappa shape index (κ2) is 5.12. The molecular formula is C11H8BrCl2N3. The number of benzene rings is 1. The lowest BCUT2D eigenvalue weighted by Gasteiger charge is -2.12. The molecule has 0 spiro atoms. The highest BCUT2D eigenvalue weighted by molar-refractivity contribution is 9.10. The molecule has 1 aromatic heterocycles. The fraction of sp³-hybridized carbons (Fsp3) is 0. The Morgan fingerprint density at radius 2 is 2.00 bits per heavy atom. The lowest BCUT2D eigenvalue weighted by molar-refractivity contribution is 1.31. The van der Waals surface area contributed by atoms with Crippen molar-refractivity contribution in [1.82, 2.24) is 4.98 Å². The summed E-state index contributed by atoms with van der Waals surface area (Å²) in [4.78, 5) is 3.96. The zero-order valence-electron chi connectivity index (χ0n) is 8.55. The summed E-state index contributed by atoms with van der Waals surface area (Å²) in [6.07, 6.45) is 3.22. The third kappa shape index (κ3) is 2.83. The van der Waals surface area contributed by atoms with Crippen LogP contribution in [0.5, 0.6) is 0 Å². The highest BCUT2D eigenvalue weighted by Gasteiger charge is 2.07. The zero-order valence-corrected chi connectivity index (χ0v) is 11.6. The quantitative estimate of drug-likeness (QED) is 0.852. The van der Waals surface area contributed by atoms with Gasteiger partial charge in [0.1, 0.15) is 0 Å². The summed E-state index contributed by atoms with van der Waals surface area (Å²) in [7, 11) is 0. The van der Waals surface area contributed by atoms with E-state index in [1.165, 1.54) is 0 Å². The molecule has 3 nitrogen and oxygen atoms in total. The van der Waals surface area contributed by atoms with E-state index in [0.29, 0.717) is 15.7 Å². The molecule has 1 aromatic carbocycles. The van der Waals surface area contributed by atoms with Gasteiger partial charge in [0.15, 0.2) is 0 Å². The molecule has 2 aromatic rings. The molecular weight excluding hydrogens is 325 g/mol. The molecule has 0 fully saturated rings. The molecule has 17 heavy (non-hydrogen) atoms. The fourth-order valence-electron chi connectivity index (χ4n) is 1.31. The molecule has 0 aliphatic carbocycles. The molecule has 0 aliphatic heterocycles. The van der Waals surface area contributed by atoms with Gasteiger partial charge in [0, 0.05) is 11.2 Å². The normalized spacial score (nSPS) is 10.3. The molecule has 0 radical (unpaired) electrons. The minimum absolute atomic E-state index is 0.528. The number of nitrogens with two attached hydrogens (primary N) is 1. The third-order valence-electron chi connectivity index (χ3n) is 2.12. The van der Waals surface area contributed by atoms with Crippen LogP contribution in [0.3, 0.4) is 0 Å². The van der Waals surface area contributed by atoms with Crippen LogP contribution in [0.25, 0.3) is 0 Å². The average molecular weight is 333 g/mol. The fourth-order valence-corrected chi connectivity index (χ4v) is 2.21. The minimum Gasteiger partial charge on any atom is -0.396 e. The van der Waals surface area contributed by atoms with E-state index >= 15 is 0 Å². The van der Waals surface area contributed by atoms with Crippen LogP contribution >= 0.6 is 39.1 Å². The number of rotatable bonds is 2. The highest BCUT2D eigenvalue weighted by atomic mass is 79.9. The van der Waals surface area contributed by atoms with E-state index < -0.39 is 0 Å². The Hall–Kier alpha value is -0.970. The van der Waals surface area contributed by atoms with E-state index in [9.17, 15) is 0 Å². The highest BCUT2D eigenvalue weighted by Crippen LogP contribution is 2.34. The molecule has 0 unspecified atom stereocenters. The Labute approximate surface area is 117 Å². The first-order chi connectivity index (χ1) is 8.08. The van der Waals surface area contributed by atoms with E-state index in [-0.39, 0.29) is 0 Å². The van der Waals surface area contributed by atoms with Crippen molar-refractivity contribution >= 4 is 56.2 Å². The number of anilines is 3. The summed E-state index contributed by atoms with van der Waals surface area (Å²) in [6.45, 7) is 0. The summed E-state index contributed by atoms with van der Waals surface area (Å²) >= 11 is 15.3. The second-order valence-electron chi connectivity index (χ2n) is 3.33. The first kappa shape index (κ1) is 12.5. The monoisotopic (exact) mass is 331 g/mol. The van der Waals surface area contributed by atoms with Crippen LogP contribution in [0.15, 0.2) is 35.1 Å². The van der Waals surface area contributed by atoms with Crippen LogP contribution in [-0.4, -0.2) is 4.98 Å². The van der Waals surface area contributed by atoms with Crippen LogP contribution in [-0.2, 0) is 0 Å². The average Bonchev–Trinajstić information content (AvgIpc) is 2.26. The Kier molecular flexibility index (Phi) is 3.76. The van der Waals surface area contributed by atoms with E-state index in [4.69, 9.17) is 28.9 Å². The standard InChI is InChI=1S/C11H8BrCl2N3/c12-7-4-16-5-9(15)11(7)17-10-2-1-6(13)3-8(10)14/h1-5H,15H2,(H,16,17). The molecule has 0 saturated heterocycles. The minimum atomic E-state index is 0.528. The van der Waals surface area contributed by atoms with Crippen LogP contribution in [0, 0.1) is 0 Å². The number of aromatic nitrogens is 1. The Morgan fingerprint density at radius 1 is 1.24 bits per heavy atom. The SMILES string of the molecule is Nc1cncc(Br)c1Nc1ccc(Cl)cc1Cl. The number of nitrogens with zero attached hydrogens (tertiary/aromatic N) is 1. The molecule has 0 bridgehead atoms. The maximum absolute atomic E-state index is 6.07. The van der Waals surface area contributed by atoms with Gasteiger partial charge in [-0.2, -0.15) is 0 Å². The first-order valence-electron chi connectivity index (χ1n) is 4.69. The zero-order chi connectivity index (χ0) is 12.4. The van der Waals surface area contributed by atoms with Gasteiger partial charge in [0.25, 0.3) is 0 Å². The van der Waals surface area contributed by atoms with Crippen LogP contribution < -0.4 is 11.1 Å². The molecule has 0 aliphatic rings. The Balaban J connectivity index is 2.38. The Morgan fingerprint density at radius 3 is 2.65 bits per heavy atom. The van der Waals surface area contributed by atoms with Gasteiger partial charge in [-0.1, -0.05) is 23.2 Å². The summed E-state index contributed by atoms with van der Waals surface area (Å²) in [5, 5.41) is 4.25. The second-order valence-corrected chi connectivity index (χ2v) is 5.03. The molecule has 2 rings (SSSR count).